The molecular weight excluding hydrogens is 438 g/mol. The fourth-order valence-corrected chi connectivity index (χ4v) is 5.00. The van der Waals surface area contributed by atoms with Crippen LogP contribution in [0.2, 0.25) is 0 Å². The molecule has 184 valence electrons. The molecule has 0 bridgehead atoms. The maximum Gasteiger partial charge on any atom is 0.306 e. The summed E-state index contributed by atoms with van der Waals surface area (Å²) in [7, 11) is 0. The number of carboxylic acid groups (broad SMARTS) is 1. The average Bonchev–Trinajstić information content (AvgIpc) is 2.84. The first-order chi connectivity index (χ1) is 16.9. The molecule has 0 amide bonds. The van der Waals surface area contributed by atoms with Crippen molar-refractivity contribution in [2.75, 3.05) is 19.7 Å². The molecular formula is C30H35NO4. The zero-order valence-electron chi connectivity index (χ0n) is 20.9. The Morgan fingerprint density at radius 2 is 1.60 bits per heavy atom. The van der Waals surface area contributed by atoms with Crippen molar-refractivity contribution in [1.29, 1.82) is 0 Å². The minimum absolute atomic E-state index is 0.0192. The SMILES string of the molecule is CCOc1cc(C(c2cc(C)cc(C)c2)N2CCC(C(=O)O)CC2)ccc1OCc1ccccc1. The first-order valence-corrected chi connectivity index (χ1v) is 12.4. The van der Waals surface area contributed by atoms with Crippen LogP contribution in [0.15, 0.2) is 66.7 Å². The van der Waals surface area contributed by atoms with Crippen LogP contribution in [0.1, 0.15) is 53.6 Å². The molecule has 1 fully saturated rings. The third-order valence-electron chi connectivity index (χ3n) is 6.62. The molecule has 5 nitrogen and oxygen atoms in total. The quantitative estimate of drug-likeness (QED) is 0.403. The Morgan fingerprint density at radius 3 is 2.23 bits per heavy atom. The van der Waals surface area contributed by atoms with E-state index >= 15 is 0 Å². The lowest BCUT2D eigenvalue weighted by Crippen LogP contribution is -2.39. The van der Waals surface area contributed by atoms with E-state index in [9.17, 15) is 9.90 Å². The van der Waals surface area contributed by atoms with E-state index < -0.39 is 5.97 Å². The Balaban J connectivity index is 1.66. The molecule has 1 unspecified atom stereocenters. The largest absolute Gasteiger partial charge is 0.490 e. The van der Waals surface area contributed by atoms with Gasteiger partial charge in [-0.25, -0.2) is 0 Å². The fraction of sp³-hybridized carbons (Fsp3) is 0.367. The van der Waals surface area contributed by atoms with Gasteiger partial charge in [0.2, 0.25) is 0 Å². The van der Waals surface area contributed by atoms with E-state index in [1.54, 1.807) is 0 Å². The smallest absolute Gasteiger partial charge is 0.306 e. The van der Waals surface area contributed by atoms with Crippen molar-refractivity contribution in [3.05, 3.63) is 94.5 Å². The molecule has 1 N–H and O–H groups in total. The van der Waals surface area contributed by atoms with Gasteiger partial charge in [0.05, 0.1) is 18.6 Å². The maximum atomic E-state index is 11.5. The van der Waals surface area contributed by atoms with Gasteiger partial charge in [-0.05, 0) is 75.5 Å². The normalized spacial score (nSPS) is 15.5. The monoisotopic (exact) mass is 473 g/mol. The Bertz CT molecular complexity index is 1120. The van der Waals surface area contributed by atoms with E-state index in [0.717, 1.165) is 35.7 Å². The molecule has 0 spiro atoms. The highest BCUT2D eigenvalue weighted by Gasteiger charge is 2.31. The van der Waals surface area contributed by atoms with Crippen LogP contribution in [0.4, 0.5) is 0 Å². The number of hydrogen-bond donors (Lipinski definition) is 1. The second-order valence-electron chi connectivity index (χ2n) is 9.39. The van der Waals surface area contributed by atoms with E-state index in [4.69, 9.17) is 9.47 Å². The number of piperidine rings is 1. The number of ether oxygens (including phenoxy) is 2. The number of aliphatic carboxylic acids is 1. The summed E-state index contributed by atoms with van der Waals surface area (Å²) in [6, 6.07) is 23.0. The van der Waals surface area contributed by atoms with Gasteiger partial charge < -0.3 is 14.6 Å². The van der Waals surface area contributed by atoms with E-state index in [0.29, 0.717) is 26.1 Å². The molecule has 1 aliphatic heterocycles. The molecule has 1 atom stereocenters. The molecule has 1 heterocycles. The minimum atomic E-state index is -0.689. The van der Waals surface area contributed by atoms with E-state index in [1.807, 2.05) is 43.3 Å². The first kappa shape index (κ1) is 24.8. The summed E-state index contributed by atoms with van der Waals surface area (Å²) in [5.41, 5.74) is 5.89. The molecule has 0 aliphatic carbocycles. The number of carboxylic acids is 1. The fourth-order valence-electron chi connectivity index (χ4n) is 5.00. The number of rotatable bonds is 9. The van der Waals surface area contributed by atoms with Gasteiger partial charge in [-0.1, -0.05) is 65.7 Å². The summed E-state index contributed by atoms with van der Waals surface area (Å²) in [5.74, 6) is 0.504. The molecule has 3 aromatic rings. The summed E-state index contributed by atoms with van der Waals surface area (Å²) in [4.78, 5) is 13.9. The molecule has 0 aromatic heterocycles. The molecule has 0 radical (unpaired) electrons. The van der Waals surface area contributed by atoms with Crippen molar-refractivity contribution in [1.82, 2.24) is 4.90 Å². The number of nitrogens with zero attached hydrogens (tertiary/aromatic N) is 1. The molecule has 1 aliphatic rings. The highest BCUT2D eigenvalue weighted by atomic mass is 16.5. The standard InChI is InChI=1S/C30H35NO4/c1-4-34-28-19-25(10-11-27(28)35-20-23-8-6-5-7-9-23)29(26-17-21(2)16-22(3)18-26)31-14-12-24(13-15-31)30(32)33/h5-11,16-19,24,29H,4,12-15,20H2,1-3H3,(H,32,33). The molecule has 4 rings (SSSR count). The van der Waals surface area contributed by atoms with Gasteiger partial charge in [0.15, 0.2) is 11.5 Å². The minimum Gasteiger partial charge on any atom is -0.490 e. The number of benzene rings is 3. The van der Waals surface area contributed by atoms with Crippen molar-refractivity contribution in [3.63, 3.8) is 0 Å². The number of likely N-dealkylation sites (tertiary alicyclic amines) is 1. The maximum absolute atomic E-state index is 11.5. The Kier molecular flexibility index (Phi) is 8.09. The van der Waals surface area contributed by atoms with Gasteiger partial charge >= 0.3 is 5.97 Å². The number of carbonyl (C=O) groups is 1. The Hall–Kier alpha value is -3.31. The highest BCUT2D eigenvalue weighted by molar-refractivity contribution is 5.70. The van der Waals surface area contributed by atoms with Crippen molar-refractivity contribution >= 4 is 5.97 Å². The number of hydrogen-bond acceptors (Lipinski definition) is 4. The Morgan fingerprint density at radius 1 is 0.914 bits per heavy atom. The van der Waals surface area contributed by atoms with Crippen LogP contribution in [0.3, 0.4) is 0 Å². The number of aryl methyl sites for hydroxylation is 2. The van der Waals surface area contributed by atoms with Crippen molar-refractivity contribution < 1.29 is 19.4 Å². The van der Waals surface area contributed by atoms with Crippen LogP contribution in [0, 0.1) is 19.8 Å². The van der Waals surface area contributed by atoms with Crippen LogP contribution in [-0.2, 0) is 11.4 Å². The topological polar surface area (TPSA) is 59.0 Å². The zero-order valence-corrected chi connectivity index (χ0v) is 20.9. The average molecular weight is 474 g/mol. The zero-order chi connectivity index (χ0) is 24.8. The van der Waals surface area contributed by atoms with Gasteiger partial charge in [-0.3, -0.25) is 9.69 Å². The molecule has 1 saturated heterocycles. The lowest BCUT2D eigenvalue weighted by Gasteiger charge is -2.37. The van der Waals surface area contributed by atoms with Crippen LogP contribution >= 0.6 is 0 Å². The van der Waals surface area contributed by atoms with Crippen molar-refractivity contribution in [2.24, 2.45) is 5.92 Å². The second kappa shape index (κ2) is 11.4. The highest BCUT2D eigenvalue weighted by Crippen LogP contribution is 2.38. The van der Waals surface area contributed by atoms with Crippen LogP contribution < -0.4 is 9.47 Å². The van der Waals surface area contributed by atoms with Crippen molar-refractivity contribution in [2.45, 2.75) is 46.3 Å². The van der Waals surface area contributed by atoms with Gasteiger partial charge in [-0.2, -0.15) is 0 Å². The van der Waals surface area contributed by atoms with E-state index in [2.05, 4.69) is 49.1 Å². The van der Waals surface area contributed by atoms with Crippen molar-refractivity contribution in [3.8, 4) is 11.5 Å². The molecule has 0 saturated carbocycles. The lowest BCUT2D eigenvalue weighted by molar-refractivity contribution is -0.143. The van der Waals surface area contributed by atoms with Gasteiger partial charge in [0, 0.05) is 0 Å². The first-order valence-electron chi connectivity index (χ1n) is 12.4. The van der Waals surface area contributed by atoms with Gasteiger partial charge in [0.25, 0.3) is 0 Å². The summed E-state index contributed by atoms with van der Waals surface area (Å²) < 4.78 is 12.2. The molecule has 35 heavy (non-hydrogen) atoms. The van der Waals surface area contributed by atoms with Gasteiger partial charge in [-0.15, -0.1) is 0 Å². The van der Waals surface area contributed by atoms with Crippen LogP contribution in [0.5, 0.6) is 11.5 Å². The molecule has 3 aromatic carbocycles. The Labute approximate surface area is 208 Å². The molecule has 5 heteroatoms. The predicted octanol–water partition coefficient (Wildman–Crippen LogP) is 6.17. The predicted molar refractivity (Wildman–Crippen MR) is 138 cm³/mol. The van der Waals surface area contributed by atoms with Crippen LogP contribution in [-0.4, -0.2) is 35.7 Å². The summed E-state index contributed by atoms with van der Waals surface area (Å²) in [5, 5.41) is 9.48. The van der Waals surface area contributed by atoms with Gasteiger partial charge in [0.1, 0.15) is 6.61 Å². The van der Waals surface area contributed by atoms with E-state index in [-0.39, 0.29) is 12.0 Å². The summed E-state index contributed by atoms with van der Waals surface area (Å²) in [6.07, 6.45) is 1.32. The van der Waals surface area contributed by atoms with E-state index in [1.165, 1.54) is 16.7 Å². The lowest BCUT2D eigenvalue weighted by atomic mass is 9.90. The van der Waals surface area contributed by atoms with Crippen LogP contribution in [0.25, 0.3) is 0 Å². The summed E-state index contributed by atoms with van der Waals surface area (Å²) in [6.45, 7) is 8.72. The summed E-state index contributed by atoms with van der Waals surface area (Å²) >= 11 is 0. The second-order valence-corrected chi connectivity index (χ2v) is 9.39. The third kappa shape index (κ3) is 6.23. The third-order valence-corrected chi connectivity index (χ3v) is 6.62.